The molecule has 192 valence electrons. The van der Waals surface area contributed by atoms with E-state index in [0.29, 0.717) is 23.4 Å². The molecule has 38 heavy (non-hydrogen) atoms. The fourth-order valence-electron chi connectivity index (χ4n) is 6.63. The van der Waals surface area contributed by atoms with E-state index in [0.717, 1.165) is 22.3 Å². The van der Waals surface area contributed by atoms with Crippen molar-refractivity contribution in [2.24, 2.45) is 11.8 Å². The Kier molecular flexibility index (Phi) is 6.19. The van der Waals surface area contributed by atoms with E-state index in [-0.39, 0.29) is 29.4 Å². The zero-order valence-corrected chi connectivity index (χ0v) is 22.0. The number of rotatable bonds is 7. The van der Waals surface area contributed by atoms with Crippen LogP contribution in [0.15, 0.2) is 72.8 Å². The summed E-state index contributed by atoms with van der Waals surface area (Å²) in [5, 5.41) is 2.88. The van der Waals surface area contributed by atoms with Crippen LogP contribution in [-0.4, -0.2) is 46.5 Å². The molecule has 2 bridgehead atoms. The standard InChI is InChI=1S/C31H28N2O4S/c1-17(34)18-11-13-19(14-12-18)32-29(35)24(15-16-38-2)33-30(36)27-25-20-7-3-4-8-21(20)26(28(27)31(33)37)23-10-6-5-9-22(23)25/h3-14,24-28H,15-16H2,1-2H3,(H,32,35)/t24-,25?,26?,27-,28+/m1/s1. The van der Waals surface area contributed by atoms with Gasteiger partial charge in [-0.05, 0) is 71.9 Å². The number of anilines is 1. The molecule has 3 aromatic carbocycles. The Labute approximate surface area is 225 Å². The minimum absolute atomic E-state index is 0.0618. The predicted octanol–water partition coefficient (Wildman–Crippen LogP) is 4.84. The van der Waals surface area contributed by atoms with Gasteiger partial charge in [-0.2, -0.15) is 11.8 Å². The number of nitrogens with one attached hydrogen (secondary N) is 1. The van der Waals surface area contributed by atoms with Crippen LogP contribution >= 0.6 is 11.8 Å². The number of likely N-dealkylation sites (tertiary alicyclic amines) is 1. The van der Waals surface area contributed by atoms with E-state index in [1.54, 1.807) is 36.0 Å². The molecular weight excluding hydrogens is 496 g/mol. The van der Waals surface area contributed by atoms with Crippen LogP contribution < -0.4 is 5.32 Å². The molecule has 3 amide bonds. The number of Topliss-reactive ketones (excluding diaryl/α,β-unsaturated/α-hetero) is 1. The number of carbonyl (C=O) groups excluding carboxylic acids is 4. The molecule has 1 heterocycles. The molecule has 3 aliphatic carbocycles. The number of thioether (sulfide) groups is 1. The van der Waals surface area contributed by atoms with Crippen LogP contribution in [0.5, 0.6) is 0 Å². The van der Waals surface area contributed by atoms with Gasteiger partial charge in [-0.1, -0.05) is 48.5 Å². The summed E-state index contributed by atoms with van der Waals surface area (Å²) < 4.78 is 0. The van der Waals surface area contributed by atoms with Gasteiger partial charge in [0, 0.05) is 23.1 Å². The van der Waals surface area contributed by atoms with E-state index in [1.165, 1.54) is 11.8 Å². The minimum Gasteiger partial charge on any atom is -0.324 e. The summed E-state index contributed by atoms with van der Waals surface area (Å²) in [5.41, 5.74) is 5.50. The topological polar surface area (TPSA) is 83.6 Å². The van der Waals surface area contributed by atoms with E-state index in [4.69, 9.17) is 0 Å². The summed E-state index contributed by atoms with van der Waals surface area (Å²) >= 11 is 1.57. The Morgan fingerprint density at radius 1 is 0.816 bits per heavy atom. The molecule has 0 unspecified atom stereocenters. The minimum atomic E-state index is -0.911. The van der Waals surface area contributed by atoms with Gasteiger partial charge in [0.1, 0.15) is 6.04 Å². The van der Waals surface area contributed by atoms with E-state index in [9.17, 15) is 19.2 Å². The van der Waals surface area contributed by atoms with Crippen molar-refractivity contribution in [3.05, 3.63) is 101 Å². The van der Waals surface area contributed by atoms with Crippen molar-refractivity contribution in [3.63, 3.8) is 0 Å². The number of amides is 3. The molecule has 1 aliphatic heterocycles. The van der Waals surface area contributed by atoms with Crippen molar-refractivity contribution in [1.82, 2.24) is 4.90 Å². The summed E-state index contributed by atoms with van der Waals surface area (Å²) in [6, 6.07) is 22.0. The van der Waals surface area contributed by atoms with Crippen molar-refractivity contribution >= 4 is 41.0 Å². The van der Waals surface area contributed by atoms with Gasteiger partial charge in [0.05, 0.1) is 11.8 Å². The highest BCUT2D eigenvalue weighted by molar-refractivity contribution is 7.98. The first-order valence-electron chi connectivity index (χ1n) is 12.9. The molecule has 6 nitrogen and oxygen atoms in total. The third kappa shape index (κ3) is 3.71. The van der Waals surface area contributed by atoms with Crippen LogP contribution in [0.25, 0.3) is 0 Å². The number of carbonyl (C=O) groups is 4. The van der Waals surface area contributed by atoms with E-state index in [2.05, 4.69) is 29.6 Å². The lowest BCUT2D eigenvalue weighted by Gasteiger charge is -2.45. The molecule has 7 heteroatoms. The number of ketones is 1. The summed E-state index contributed by atoms with van der Waals surface area (Å²) in [4.78, 5) is 54.7. The van der Waals surface area contributed by atoms with E-state index < -0.39 is 23.8 Å². The normalized spacial score (nSPS) is 23.5. The average molecular weight is 525 g/mol. The van der Waals surface area contributed by atoms with E-state index in [1.807, 2.05) is 30.5 Å². The molecule has 0 spiro atoms. The van der Waals surface area contributed by atoms with Crippen LogP contribution in [0.3, 0.4) is 0 Å². The Morgan fingerprint density at radius 2 is 1.29 bits per heavy atom. The zero-order valence-electron chi connectivity index (χ0n) is 21.2. The molecular formula is C31H28N2O4S. The molecule has 0 aromatic heterocycles. The maximum Gasteiger partial charge on any atom is 0.247 e. The third-order valence-electron chi connectivity index (χ3n) is 8.25. The monoisotopic (exact) mass is 524 g/mol. The number of hydrogen-bond donors (Lipinski definition) is 1. The molecule has 1 saturated heterocycles. The third-order valence-corrected chi connectivity index (χ3v) is 8.90. The van der Waals surface area contributed by atoms with Crippen molar-refractivity contribution in [3.8, 4) is 0 Å². The number of nitrogens with zero attached hydrogens (tertiary/aromatic N) is 1. The van der Waals surface area contributed by atoms with Crippen LogP contribution in [0, 0.1) is 11.8 Å². The van der Waals surface area contributed by atoms with Gasteiger partial charge in [0.2, 0.25) is 17.7 Å². The van der Waals surface area contributed by atoms with Gasteiger partial charge in [0.15, 0.2) is 5.78 Å². The average Bonchev–Trinajstić information content (AvgIpc) is 3.19. The quantitative estimate of drug-likeness (QED) is 0.353. The van der Waals surface area contributed by atoms with Crippen LogP contribution in [0.4, 0.5) is 5.69 Å². The van der Waals surface area contributed by atoms with Crippen molar-refractivity contribution in [2.45, 2.75) is 31.2 Å². The lowest BCUT2D eigenvalue weighted by molar-refractivity contribution is -0.146. The first-order valence-corrected chi connectivity index (χ1v) is 14.3. The second-order valence-electron chi connectivity index (χ2n) is 10.2. The number of imide groups is 1. The van der Waals surface area contributed by atoms with Gasteiger partial charge in [-0.15, -0.1) is 0 Å². The van der Waals surface area contributed by atoms with Crippen molar-refractivity contribution < 1.29 is 19.2 Å². The Hall–Kier alpha value is -3.71. The van der Waals surface area contributed by atoms with Crippen molar-refractivity contribution in [1.29, 1.82) is 0 Å². The summed E-state index contributed by atoms with van der Waals surface area (Å²) in [6.07, 6.45) is 2.31. The van der Waals surface area contributed by atoms with Gasteiger partial charge in [0.25, 0.3) is 0 Å². The molecule has 7 rings (SSSR count). The second kappa shape index (κ2) is 9.55. The van der Waals surface area contributed by atoms with Gasteiger partial charge in [-0.3, -0.25) is 24.1 Å². The first kappa shape index (κ1) is 24.6. The van der Waals surface area contributed by atoms with Crippen LogP contribution in [0.2, 0.25) is 0 Å². The molecule has 1 N–H and O–H groups in total. The highest BCUT2D eigenvalue weighted by atomic mass is 32.2. The number of hydrogen-bond acceptors (Lipinski definition) is 5. The highest BCUT2D eigenvalue weighted by Gasteiger charge is 2.62. The SMILES string of the molecule is CSCC[C@H](C(=O)Nc1ccc(C(C)=O)cc1)N1C(=O)[C@@H]2C3c4ccccc4C(c4ccccc43)[C@@H]2C1=O. The zero-order chi connectivity index (χ0) is 26.6. The highest BCUT2D eigenvalue weighted by Crippen LogP contribution is 2.61. The molecule has 4 aliphatic rings. The summed E-state index contributed by atoms with van der Waals surface area (Å²) in [7, 11) is 0. The van der Waals surface area contributed by atoms with Crippen LogP contribution in [0.1, 0.15) is 57.8 Å². The molecule has 3 atom stereocenters. The lowest BCUT2D eigenvalue weighted by Crippen LogP contribution is -2.48. The summed E-state index contributed by atoms with van der Waals surface area (Å²) in [6.45, 7) is 1.49. The first-order chi connectivity index (χ1) is 18.4. The maximum atomic E-state index is 14.1. The second-order valence-corrected chi connectivity index (χ2v) is 11.2. The van der Waals surface area contributed by atoms with Crippen molar-refractivity contribution in [2.75, 3.05) is 17.3 Å². The summed E-state index contributed by atoms with van der Waals surface area (Å²) in [5.74, 6) is -1.79. The Bertz CT molecular complexity index is 1350. The molecule has 0 radical (unpaired) electrons. The Morgan fingerprint density at radius 3 is 1.71 bits per heavy atom. The van der Waals surface area contributed by atoms with Crippen LogP contribution in [-0.2, 0) is 14.4 Å². The van der Waals surface area contributed by atoms with E-state index >= 15 is 0 Å². The molecule has 1 fully saturated rings. The van der Waals surface area contributed by atoms with Gasteiger partial charge < -0.3 is 5.32 Å². The van der Waals surface area contributed by atoms with Gasteiger partial charge in [-0.25, -0.2) is 0 Å². The predicted molar refractivity (Wildman–Crippen MR) is 147 cm³/mol. The smallest absolute Gasteiger partial charge is 0.247 e. The number of benzene rings is 3. The lowest BCUT2D eigenvalue weighted by atomic mass is 9.55. The Balaban J connectivity index is 1.36. The largest absolute Gasteiger partial charge is 0.324 e. The van der Waals surface area contributed by atoms with Gasteiger partial charge >= 0.3 is 0 Å². The fraction of sp³-hybridized carbons (Fsp3) is 0.290. The molecule has 3 aromatic rings. The molecule has 0 saturated carbocycles. The maximum absolute atomic E-state index is 14.1. The fourth-order valence-corrected chi connectivity index (χ4v) is 7.09.